The van der Waals surface area contributed by atoms with Crippen LogP contribution >= 0.6 is 0 Å². The summed E-state index contributed by atoms with van der Waals surface area (Å²) < 4.78 is 0. The summed E-state index contributed by atoms with van der Waals surface area (Å²) in [6.45, 7) is 12.5. The molecule has 0 aliphatic rings. The molecule has 0 aromatic heterocycles. The third kappa shape index (κ3) is 5.49. The first-order valence-corrected chi connectivity index (χ1v) is 8.84. The minimum atomic E-state index is 0.284. The molecule has 0 spiro atoms. The van der Waals surface area contributed by atoms with E-state index in [1.807, 2.05) is 6.92 Å². The maximum Gasteiger partial charge on any atom is 0.0515 e. The highest BCUT2D eigenvalue weighted by atomic mass is 14.8. The Morgan fingerprint density at radius 3 is 2.33 bits per heavy atom. The van der Waals surface area contributed by atoms with Crippen LogP contribution in [0.2, 0.25) is 0 Å². The fourth-order valence-corrected chi connectivity index (χ4v) is 2.96. The van der Waals surface area contributed by atoms with Crippen molar-refractivity contribution >= 4 is 5.71 Å². The summed E-state index contributed by atoms with van der Waals surface area (Å²) in [5, 5.41) is 0. The molecule has 0 fully saturated rings. The van der Waals surface area contributed by atoms with Gasteiger partial charge in [-0.05, 0) is 62.3 Å². The number of benzene rings is 2. The van der Waals surface area contributed by atoms with E-state index in [1.54, 1.807) is 0 Å². The van der Waals surface area contributed by atoms with Gasteiger partial charge in [0.1, 0.15) is 0 Å². The SMILES string of the molecule is C=C(C)/C(CC)=N/C(C)Cc1cccc(Cc2ccc(C)cc2)c1. The molecule has 0 aliphatic carbocycles. The van der Waals surface area contributed by atoms with Crippen LogP contribution in [0.1, 0.15) is 49.4 Å². The molecule has 0 heterocycles. The molecule has 0 amide bonds. The number of aliphatic imine (C=N–C) groups is 1. The van der Waals surface area contributed by atoms with Crippen LogP contribution < -0.4 is 0 Å². The highest BCUT2D eigenvalue weighted by Crippen LogP contribution is 2.15. The van der Waals surface area contributed by atoms with Crippen molar-refractivity contribution in [3.8, 4) is 0 Å². The largest absolute Gasteiger partial charge is 0.286 e. The maximum atomic E-state index is 4.83. The summed E-state index contributed by atoms with van der Waals surface area (Å²) in [5.74, 6) is 0. The van der Waals surface area contributed by atoms with Crippen molar-refractivity contribution in [3.63, 3.8) is 0 Å². The van der Waals surface area contributed by atoms with Gasteiger partial charge in [-0.3, -0.25) is 4.99 Å². The molecule has 2 aromatic carbocycles. The Morgan fingerprint density at radius 2 is 1.71 bits per heavy atom. The van der Waals surface area contributed by atoms with Crippen LogP contribution in [0.15, 0.2) is 65.7 Å². The van der Waals surface area contributed by atoms with Gasteiger partial charge in [0.2, 0.25) is 0 Å². The van der Waals surface area contributed by atoms with E-state index in [4.69, 9.17) is 4.99 Å². The van der Waals surface area contributed by atoms with E-state index >= 15 is 0 Å². The number of allylic oxidation sites excluding steroid dienone is 1. The average Bonchev–Trinajstić information content (AvgIpc) is 2.55. The average molecular weight is 319 g/mol. The van der Waals surface area contributed by atoms with Gasteiger partial charge in [0.15, 0.2) is 0 Å². The van der Waals surface area contributed by atoms with Crippen LogP contribution in [0.5, 0.6) is 0 Å². The van der Waals surface area contributed by atoms with Crippen molar-refractivity contribution in [2.75, 3.05) is 0 Å². The summed E-state index contributed by atoms with van der Waals surface area (Å²) in [4.78, 5) is 4.83. The molecule has 1 atom stereocenters. The van der Waals surface area contributed by atoms with Crippen LogP contribution in [0, 0.1) is 6.92 Å². The fraction of sp³-hybridized carbons (Fsp3) is 0.348. The first-order valence-electron chi connectivity index (χ1n) is 8.84. The van der Waals surface area contributed by atoms with Crippen LogP contribution in [0.4, 0.5) is 0 Å². The van der Waals surface area contributed by atoms with Gasteiger partial charge in [-0.1, -0.05) is 67.6 Å². The predicted molar refractivity (Wildman–Crippen MR) is 106 cm³/mol. The van der Waals surface area contributed by atoms with E-state index < -0.39 is 0 Å². The molecule has 0 N–H and O–H groups in total. The van der Waals surface area contributed by atoms with Gasteiger partial charge in [0.05, 0.1) is 6.04 Å². The van der Waals surface area contributed by atoms with Crippen molar-refractivity contribution in [2.45, 2.75) is 53.0 Å². The quantitative estimate of drug-likeness (QED) is 0.560. The Balaban J connectivity index is 2.07. The zero-order valence-electron chi connectivity index (χ0n) is 15.5. The smallest absolute Gasteiger partial charge is 0.0515 e. The van der Waals surface area contributed by atoms with Crippen LogP contribution in [0.25, 0.3) is 0 Å². The third-order valence-electron chi connectivity index (χ3n) is 4.26. The van der Waals surface area contributed by atoms with Gasteiger partial charge >= 0.3 is 0 Å². The summed E-state index contributed by atoms with van der Waals surface area (Å²) >= 11 is 0. The molecule has 0 saturated carbocycles. The molecule has 0 aliphatic heterocycles. The molecule has 2 rings (SSSR count). The minimum absolute atomic E-state index is 0.284. The zero-order valence-corrected chi connectivity index (χ0v) is 15.5. The molecule has 0 bridgehead atoms. The fourth-order valence-electron chi connectivity index (χ4n) is 2.96. The third-order valence-corrected chi connectivity index (χ3v) is 4.26. The van der Waals surface area contributed by atoms with Crippen LogP contribution in [-0.2, 0) is 12.8 Å². The van der Waals surface area contributed by atoms with Crippen LogP contribution in [0.3, 0.4) is 0 Å². The molecular weight excluding hydrogens is 290 g/mol. The van der Waals surface area contributed by atoms with E-state index in [-0.39, 0.29) is 6.04 Å². The second-order valence-corrected chi connectivity index (χ2v) is 6.75. The van der Waals surface area contributed by atoms with E-state index in [2.05, 4.69) is 75.9 Å². The standard InChI is InChI=1S/C23H29N/c1-6-23(17(2)3)24-19(5)14-21-8-7-9-22(16-21)15-20-12-10-18(4)11-13-20/h7-13,16,19H,2,6,14-15H2,1,3-5H3/b24-23+. The monoisotopic (exact) mass is 319 g/mol. The Morgan fingerprint density at radius 1 is 1.04 bits per heavy atom. The lowest BCUT2D eigenvalue weighted by Gasteiger charge is -2.11. The topological polar surface area (TPSA) is 12.4 Å². The van der Waals surface area contributed by atoms with Gasteiger partial charge in [-0.15, -0.1) is 0 Å². The van der Waals surface area contributed by atoms with Crippen LogP contribution in [-0.4, -0.2) is 11.8 Å². The number of aryl methyl sites for hydroxylation is 1. The molecule has 0 radical (unpaired) electrons. The molecule has 0 saturated heterocycles. The molecule has 126 valence electrons. The minimum Gasteiger partial charge on any atom is -0.286 e. The summed E-state index contributed by atoms with van der Waals surface area (Å²) in [6, 6.07) is 18.0. The Hall–Kier alpha value is -2.15. The second kappa shape index (κ2) is 8.63. The van der Waals surface area contributed by atoms with E-state index in [0.717, 1.165) is 30.5 Å². The highest BCUT2D eigenvalue weighted by molar-refractivity contribution is 5.98. The number of hydrogen-bond acceptors (Lipinski definition) is 1. The maximum absolute atomic E-state index is 4.83. The first-order chi connectivity index (χ1) is 11.5. The van der Waals surface area contributed by atoms with E-state index in [1.165, 1.54) is 22.3 Å². The summed E-state index contributed by atoms with van der Waals surface area (Å²) in [6.07, 6.45) is 2.91. The van der Waals surface area contributed by atoms with Crippen molar-refractivity contribution in [1.29, 1.82) is 0 Å². The van der Waals surface area contributed by atoms with Crippen molar-refractivity contribution in [3.05, 3.63) is 82.9 Å². The zero-order chi connectivity index (χ0) is 17.5. The second-order valence-electron chi connectivity index (χ2n) is 6.75. The molecule has 1 nitrogen and oxygen atoms in total. The molecule has 24 heavy (non-hydrogen) atoms. The predicted octanol–water partition coefficient (Wildman–Crippen LogP) is 5.94. The lowest BCUT2D eigenvalue weighted by molar-refractivity contribution is 0.737. The van der Waals surface area contributed by atoms with Gasteiger partial charge in [0.25, 0.3) is 0 Å². The lowest BCUT2D eigenvalue weighted by Crippen LogP contribution is -2.09. The van der Waals surface area contributed by atoms with Crippen molar-refractivity contribution in [2.24, 2.45) is 4.99 Å². The number of nitrogens with zero attached hydrogens (tertiary/aromatic N) is 1. The molecule has 2 aromatic rings. The van der Waals surface area contributed by atoms with Crippen molar-refractivity contribution in [1.82, 2.24) is 0 Å². The molecule has 1 heteroatoms. The number of hydrogen-bond donors (Lipinski definition) is 0. The Labute approximate surface area is 147 Å². The molecular formula is C23H29N. The van der Waals surface area contributed by atoms with E-state index in [0.29, 0.717) is 0 Å². The van der Waals surface area contributed by atoms with E-state index in [9.17, 15) is 0 Å². The van der Waals surface area contributed by atoms with Gasteiger partial charge in [-0.2, -0.15) is 0 Å². The summed E-state index contributed by atoms with van der Waals surface area (Å²) in [5.41, 5.74) is 7.61. The Kier molecular flexibility index (Phi) is 6.54. The first kappa shape index (κ1) is 18.2. The van der Waals surface area contributed by atoms with Crippen molar-refractivity contribution < 1.29 is 0 Å². The Bertz CT molecular complexity index is 707. The van der Waals surface area contributed by atoms with Gasteiger partial charge in [-0.25, -0.2) is 0 Å². The molecule has 1 unspecified atom stereocenters. The van der Waals surface area contributed by atoms with Gasteiger partial charge < -0.3 is 0 Å². The highest BCUT2D eigenvalue weighted by Gasteiger charge is 2.06. The summed E-state index contributed by atoms with van der Waals surface area (Å²) in [7, 11) is 0. The number of rotatable bonds is 7. The lowest BCUT2D eigenvalue weighted by atomic mass is 9.99. The normalized spacial score (nSPS) is 12.9. The van der Waals surface area contributed by atoms with Gasteiger partial charge in [0, 0.05) is 5.71 Å².